The second-order valence-electron chi connectivity index (χ2n) is 10.1. The van der Waals surface area contributed by atoms with E-state index in [9.17, 15) is 0 Å². The summed E-state index contributed by atoms with van der Waals surface area (Å²) in [4.78, 5) is 4.71. The number of ether oxygens (including phenoxy) is 3. The average Bonchev–Trinajstić information content (AvgIpc) is 3.13. The number of aromatic nitrogens is 2. The van der Waals surface area contributed by atoms with Crippen LogP contribution in [0.15, 0.2) is 42.7 Å². The summed E-state index contributed by atoms with van der Waals surface area (Å²) in [5.41, 5.74) is 4.43. The standard InChI is InChI=1S/C27H38N2O4Si/c1-27(2,3)34(8,9)33-25-20(12-15-24(31-6)26(25)32-7)17-23-22(28-18-29(23)4)16-19-10-13-21(30-5)14-11-19/h10-15,18H,16-17H2,1-9H3. The van der Waals surface area contributed by atoms with E-state index < -0.39 is 8.32 Å². The maximum Gasteiger partial charge on any atom is 0.250 e. The minimum atomic E-state index is -2.13. The van der Waals surface area contributed by atoms with Crippen LogP contribution >= 0.6 is 0 Å². The fourth-order valence-electron chi connectivity index (χ4n) is 3.59. The van der Waals surface area contributed by atoms with Gasteiger partial charge in [0, 0.05) is 31.1 Å². The highest BCUT2D eigenvalue weighted by Gasteiger charge is 2.40. The van der Waals surface area contributed by atoms with Crippen LogP contribution in [0.25, 0.3) is 0 Å². The molecule has 34 heavy (non-hydrogen) atoms. The number of hydrogen-bond donors (Lipinski definition) is 0. The minimum absolute atomic E-state index is 0.0460. The number of nitrogens with zero attached hydrogens (tertiary/aromatic N) is 2. The van der Waals surface area contributed by atoms with Gasteiger partial charge in [0.2, 0.25) is 5.75 Å². The number of rotatable bonds is 9. The molecule has 3 aromatic rings. The van der Waals surface area contributed by atoms with Gasteiger partial charge in [-0.25, -0.2) is 4.98 Å². The Hall–Kier alpha value is -2.93. The summed E-state index contributed by atoms with van der Waals surface area (Å²) in [6.07, 6.45) is 3.29. The largest absolute Gasteiger partial charge is 0.541 e. The third kappa shape index (κ3) is 5.41. The van der Waals surface area contributed by atoms with Crippen molar-refractivity contribution in [3.05, 3.63) is 65.2 Å². The second kappa shape index (κ2) is 10.1. The Morgan fingerprint density at radius 3 is 2.09 bits per heavy atom. The molecular formula is C27H38N2O4Si. The third-order valence-electron chi connectivity index (χ3n) is 6.78. The van der Waals surface area contributed by atoms with E-state index in [2.05, 4.69) is 56.6 Å². The highest BCUT2D eigenvalue weighted by Crippen LogP contribution is 2.45. The van der Waals surface area contributed by atoms with Gasteiger partial charge in [-0.15, -0.1) is 0 Å². The lowest BCUT2D eigenvalue weighted by molar-refractivity contribution is 0.339. The van der Waals surface area contributed by atoms with Crippen LogP contribution in [-0.2, 0) is 19.9 Å². The van der Waals surface area contributed by atoms with Gasteiger partial charge in [-0.3, -0.25) is 0 Å². The predicted molar refractivity (Wildman–Crippen MR) is 139 cm³/mol. The number of methoxy groups -OCH3 is 3. The van der Waals surface area contributed by atoms with Gasteiger partial charge in [-0.2, -0.15) is 0 Å². The molecule has 2 aromatic carbocycles. The molecule has 0 fully saturated rings. The topological polar surface area (TPSA) is 54.7 Å². The quantitative estimate of drug-likeness (QED) is 0.350. The van der Waals surface area contributed by atoms with Gasteiger partial charge in [-0.1, -0.05) is 39.0 Å². The van der Waals surface area contributed by atoms with Gasteiger partial charge in [-0.05, 0) is 41.9 Å². The summed E-state index contributed by atoms with van der Waals surface area (Å²) in [5.74, 6) is 2.93. The van der Waals surface area contributed by atoms with Gasteiger partial charge in [0.05, 0.1) is 33.4 Å². The summed E-state index contributed by atoms with van der Waals surface area (Å²) < 4.78 is 25.6. The van der Waals surface area contributed by atoms with Crippen LogP contribution in [0.1, 0.15) is 43.3 Å². The van der Waals surface area contributed by atoms with Gasteiger partial charge >= 0.3 is 0 Å². The van der Waals surface area contributed by atoms with E-state index in [-0.39, 0.29) is 5.04 Å². The molecule has 0 aliphatic carbocycles. The zero-order chi connectivity index (χ0) is 25.1. The van der Waals surface area contributed by atoms with Gasteiger partial charge in [0.25, 0.3) is 8.32 Å². The lowest BCUT2D eigenvalue weighted by Crippen LogP contribution is -2.44. The molecule has 6 nitrogen and oxygen atoms in total. The van der Waals surface area contributed by atoms with Crippen molar-refractivity contribution in [2.75, 3.05) is 21.3 Å². The molecule has 0 saturated heterocycles. The van der Waals surface area contributed by atoms with Crippen molar-refractivity contribution >= 4 is 8.32 Å². The molecule has 7 heteroatoms. The monoisotopic (exact) mass is 482 g/mol. The molecule has 1 aromatic heterocycles. The normalized spacial score (nSPS) is 11.9. The van der Waals surface area contributed by atoms with Crippen molar-refractivity contribution < 1.29 is 18.6 Å². The summed E-state index contributed by atoms with van der Waals surface area (Å²) in [6.45, 7) is 11.2. The van der Waals surface area contributed by atoms with E-state index in [1.807, 2.05) is 31.6 Å². The third-order valence-corrected chi connectivity index (χ3v) is 11.1. The van der Waals surface area contributed by atoms with Gasteiger partial charge < -0.3 is 23.2 Å². The summed E-state index contributed by atoms with van der Waals surface area (Å²) in [6, 6.07) is 12.2. The molecule has 3 rings (SSSR count). The van der Waals surface area contributed by atoms with Crippen LogP contribution in [0.4, 0.5) is 0 Å². The van der Waals surface area contributed by atoms with Crippen molar-refractivity contribution in [1.29, 1.82) is 0 Å². The first-order chi connectivity index (χ1) is 16.0. The molecule has 0 atom stereocenters. The maximum atomic E-state index is 6.82. The SMILES string of the molecule is COc1ccc(Cc2ncn(C)c2Cc2ccc(OC)c(OC)c2O[Si](C)(C)C(C)(C)C)cc1. The van der Waals surface area contributed by atoms with E-state index in [1.54, 1.807) is 21.3 Å². The molecule has 1 heterocycles. The number of imidazole rings is 1. The Bertz CT molecular complexity index is 1110. The summed E-state index contributed by atoms with van der Waals surface area (Å²) in [5, 5.41) is 0.0460. The van der Waals surface area contributed by atoms with Crippen molar-refractivity contribution in [2.45, 2.75) is 51.7 Å². The molecular weight excluding hydrogens is 444 g/mol. The first-order valence-corrected chi connectivity index (χ1v) is 14.5. The van der Waals surface area contributed by atoms with Crippen LogP contribution in [0.2, 0.25) is 18.1 Å². The van der Waals surface area contributed by atoms with E-state index in [4.69, 9.17) is 23.6 Å². The molecule has 0 bridgehead atoms. The van der Waals surface area contributed by atoms with Gasteiger partial charge in [0.1, 0.15) is 5.75 Å². The molecule has 0 aliphatic heterocycles. The fraction of sp³-hybridized carbons (Fsp3) is 0.444. The summed E-state index contributed by atoms with van der Waals surface area (Å²) >= 11 is 0. The lowest BCUT2D eigenvalue weighted by atomic mass is 10.0. The molecule has 0 aliphatic rings. The van der Waals surface area contributed by atoms with E-state index in [0.29, 0.717) is 17.9 Å². The van der Waals surface area contributed by atoms with Crippen LogP contribution in [0.5, 0.6) is 23.0 Å². The molecule has 0 spiro atoms. The second-order valence-corrected chi connectivity index (χ2v) is 14.8. The van der Waals surface area contributed by atoms with Crippen molar-refractivity contribution in [3.8, 4) is 23.0 Å². The van der Waals surface area contributed by atoms with Crippen LogP contribution in [-0.4, -0.2) is 39.2 Å². The molecule has 0 N–H and O–H groups in total. The zero-order valence-electron chi connectivity index (χ0n) is 22.0. The highest BCUT2D eigenvalue weighted by molar-refractivity contribution is 6.74. The van der Waals surface area contributed by atoms with E-state index in [0.717, 1.165) is 34.9 Å². The average molecular weight is 483 g/mol. The van der Waals surface area contributed by atoms with Crippen molar-refractivity contribution in [2.24, 2.45) is 7.05 Å². The molecule has 0 saturated carbocycles. The fourth-order valence-corrected chi connectivity index (χ4v) is 4.63. The van der Waals surface area contributed by atoms with Crippen LogP contribution in [0, 0.1) is 0 Å². The number of hydrogen-bond acceptors (Lipinski definition) is 5. The Labute approximate surface area is 205 Å². The Kier molecular flexibility index (Phi) is 7.66. The molecule has 0 amide bonds. The van der Waals surface area contributed by atoms with Crippen LogP contribution < -0.4 is 18.6 Å². The Morgan fingerprint density at radius 1 is 0.853 bits per heavy atom. The molecule has 0 radical (unpaired) electrons. The Balaban J connectivity index is 2.02. The minimum Gasteiger partial charge on any atom is -0.541 e. The smallest absolute Gasteiger partial charge is 0.250 e. The lowest BCUT2D eigenvalue weighted by Gasteiger charge is -2.37. The zero-order valence-corrected chi connectivity index (χ0v) is 23.0. The van der Waals surface area contributed by atoms with Crippen LogP contribution in [0.3, 0.4) is 0 Å². The maximum absolute atomic E-state index is 6.82. The molecule has 0 unspecified atom stereocenters. The first kappa shape index (κ1) is 25.7. The number of aryl methyl sites for hydroxylation is 1. The first-order valence-electron chi connectivity index (χ1n) is 11.6. The molecule has 184 valence electrons. The van der Waals surface area contributed by atoms with Crippen molar-refractivity contribution in [1.82, 2.24) is 9.55 Å². The van der Waals surface area contributed by atoms with Crippen molar-refractivity contribution in [3.63, 3.8) is 0 Å². The van der Waals surface area contributed by atoms with E-state index in [1.165, 1.54) is 5.56 Å². The Morgan fingerprint density at radius 2 is 1.53 bits per heavy atom. The van der Waals surface area contributed by atoms with Gasteiger partial charge in [0.15, 0.2) is 11.5 Å². The highest BCUT2D eigenvalue weighted by atomic mass is 28.4. The number of benzene rings is 2. The summed E-state index contributed by atoms with van der Waals surface area (Å²) in [7, 11) is 4.91. The predicted octanol–water partition coefficient (Wildman–Crippen LogP) is 6.01. The van der Waals surface area contributed by atoms with E-state index >= 15 is 0 Å².